The maximum Gasteiger partial charge on any atom is 0.326 e. The Bertz CT molecular complexity index is 2130. The third-order valence-electron chi connectivity index (χ3n) is 11.4. The van der Waals surface area contributed by atoms with E-state index in [2.05, 4.69) is 20.6 Å². The first-order valence-electron chi connectivity index (χ1n) is 24.3. The number of ketones is 1. The van der Waals surface area contributed by atoms with E-state index in [-0.39, 0.29) is 68.5 Å². The third-order valence-corrected chi connectivity index (χ3v) is 11.4. The van der Waals surface area contributed by atoms with Gasteiger partial charge in [0.1, 0.15) is 30.8 Å². The first-order valence-corrected chi connectivity index (χ1v) is 24.3. The number of ether oxygens (including phenoxy) is 1. The van der Waals surface area contributed by atoms with E-state index in [4.69, 9.17) is 59.6 Å². The van der Waals surface area contributed by atoms with Crippen LogP contribution in [0, 0.1) is 17.8 Å². The lowest BCUT2D eigenvalue weighted by molar-refractivity contribution is -0.161. The fourth-order valence-electron chi connectivity index (χ4n) is 7.01. The van der Waals surface area contributed by atoms with Gasteiger partial charge in [-0.2, -0.15) is 0 Å². The first kappa shape index (κ1) is 67.8. The molecular weight excluding hydrogens is 977 g/mol. The van der Waals surface area contributed by atoms with Gasteiger partial charge in [0, 0.05) is 38.3 Å². The largest absolute Gasteiger partial charge is 0.481 e. The molecule has 2 aromatic carbocycles. The third kappa shape index (κ3) is 27.6. The zero-order valence-corrected chi connectivity index (χ0v) is 42.6. The van der Waals surface area contributed by atoms with E-state index in [1.807, 2.05) is 48.5 Å². The van der Waals surface area contributed by atoms with Gasteiger partial charge in [0.25, 0.3) is 0 Å². The van der Waals surface area contributed by atoms with Crippen molar-refractivity contribution in [2.75, 3.05) is 52.4 Å². The number of nitrogens with zero attached hydrogens (tertiary/aromatic N) is 4. The number of carbonyl (C=O) groups is 8. The Labute approximate surface area is 438 Å². The van der Waals surface area contributed by atoms with Crippen molar-refractivity contribution in [3.8, 4) is 0 Å². The summed E-state index contributed by atoms with van der Waals surface area (Å²) in [5.41, 5.74) is 33.3. The number of nitrogens with two attached hydrogens (primary N) is 6. The van der Waals surface area contributed by atoms with E-state index in [0.29, 0.717) is 96.2 Å². The zero-order valence-electron chi connectivity index (χ0n) is 42.6. The van der Waals surface area contributed by atoms with Gasteiger partial charge >= 0.3 is 29.8 Å². The van der Waals surface area contributed by atoms with Gasteiger partial charge in [-0.05, 0) is 70.0 Å². The second kappa shape index (κ2) is 37.5. The van der Waals surface area contributed by atoms with Crippen molar-refractivity contribution in [3.05, 3.63) is 71.8 Å². The van der Waals surface area contributed by atoms with Crippen molar-refractivity contribution in [2.24, 2.45) is 62.1 Å². The number of hydrogen-bond donors (Lipinski definition) is 12. The molecule has 0 aromatic heterocycles. The summed E-state index contributed by atoms with van der Waals surface area (Å²) in [6.07, 6.45) is 4.03. The number of likely N-dealkylation sites (tertiary alicyclic amines) is 2. The van der Waals surface area contributed by atoms with Gasteiger partial charge in [0.2, 0.25) is 11.8 Å². The minimum Gasteiger partial charge on any atom is -0.481 e. The van der Waals surface area contributed by atoms with Crippen LogP contribution in [0.5, 0.6) is 0 Å². The van der Waals surface area contributed by atoms with E-state index in [9.17, 15) is 38.4 Å². The number of carboxylic acid groups (broad SMARTS) is 4. The van der Waals surface area contributed by atoms with E-state index < -0.39 is 59.9 Å². The minimum absolute atomic E-state index is 0. The lowest BCUT2D eigenvalue weighted by atomic mass is 9.96. The SMILES string of the molecule is C.CC(CN[C@@H](CCCN=C(N)N)C(=O)O)C(=O)O.CC1CN([C@@H](CCCN)C(=O)O)C1=O.CC1CN([C@@H](CCCN=C(N)N)C(=O)O)C1=O.N[C@@H](CCCNCC(=O)c1ccccc1)C(=O)OCc1ccccc1. The Morgan fingerprint density at radius 3 is 1.60 bits per heavy atom. The smallest absolute Gasteiger partial charge is 0.326 e. The molecule has 18 N–H and O–H groups in total. The molecule has 0 radical (unpaired) electrons. The number of esters is 1. The van der Waals surface area contributed by atoms with Crippen LogP contribution < -0.4 is 45.0 Å². The summed E-state index contributed by atoms with van der Waals surface area (Å²) in [5, 5.41) is 41.3. The van der Waals surface area contributed by atoms with Crippen LogP contribution in [0.25, 0.3) is 0 Å². The minimum atomic E-state index is -1.02. The molecule has 3 unspecified atom stereocenters. The highest BCUT2D eigenvalue weighted by Gasteiger charge is 2.41. The Kier molecular flexibility index (Phi) is 33.9. The molecule has 2 aliphatic rings. The molecule has 0 saturated carbocycles. The number of amides is 2. The Hall–Kier alpha value is -7.22. The van der Waals surface area contributed by atoms with Crippen molar-refractivity contribution in [1.29, 1.82) is 0 Å². The number of guanidine groups is 2. The molecule has 2 saturated heterocycles. The van der Waals surface area contributed by atoms with E-state index in [0.717, 1.165) is 5.56 Å². The quantitative estimate of drug-likeness (QED) is 0.0126. The predicted octanol–water partition coefficient (Wildman–Crippen LogP) is 0.378. The highest BCUT2D eigenvalue weighted by molar-refractivity contribution is 5.97. The number of Topliss-reactive ketones (excluding diaryl/α,β-unsaturated/α-hetero) is 1. The Morgan fingerprint density at radius 2 is 1.17 bits per heavy atom. The summed E-state index contributed by atoms with van der Waals surface area (Å²) in [6.45, 7) is 8.60. The molecule has 0 spiro atoms. The van der Waals surface area contributed by atoms with Gasteiger partial charge in [0.15, 0.2) is 17.7 Å². The summed E-state index contributed by atoms with van der Waals surface area (Å²) in [7, 11) is 0. The lowest BCUT2D eigenvalue weighted by Crippen LogP contribution is -2.58. The number of hydrogen-bond acceptors (Lipinski definition) is 15. The summed E-state index contributed by atoms with van der Waals surface area (Å²) in [4.78, 5) is 100. The fourth-order valence-corrected chi connectivity index (χ4v) is 7.01. The van der Waals surface area contributed by atoms with Gasteiger partial charge < -0.3 is 80.0 Å². The number of aliphatic imine (C=N–C) groups is 2. The van der Waals surface area contributed by atoms with Crippen LogP contribution in [-0.2, 0) is 44.9 Å². The van der Waals surface area contributed by atoms with Gasteiger partial charge in [-0.1, -0.05) is 88.9 Å². The van der Waals surface area contributed by atoms with Crippen LogP contribution in [0.4, 0.5) is 0 Å². The van der Waals surface area contributed by atoms with E-state index in [1.54, 1.807) is 26.0 Å². The van der Waals surface area contributed by atoms with Crippen LogP contribution >= 0.6 is 0 Å². The van der Waals surface area contributed by atoms with E-state index in [1.165, 1.54) is 16.7 Å². The number of carbonyl (C=O) groups excluding carboxylic acids is 4. The number of rotatable bonds is 30. The summed E-state index contributed by atoms with van der Waals surface area (Å²) >= 11 is 0. The van der Waals surface area contributed by atoms with Crippen molar-refractivity contribution in [3.63, 3.8) is 0 Å². The molecule has 2 heterocycles. The maximum absolute atomic E-state index is 11.9. The fraction of sp³-hybridized carbons (Fsp3) is 0.560. The molecule has 4 rings (SSSR count). The van der Waals surface area contributed by atoms with Crippen LogP contribution in [0.2, 0.25) is 0 Å². The molecule has 75 heavy (non-hydrogen) atoms. The van der Waals surface area contributed by atoms with Crippen LogP contribution in [0.15, 0.2) is 70.6 Å². The molecule has 25 heteroatoms. The molecule has 420 valence electrons. The van der Waals surface area contributed by atoms with Gasteiger partial charge in [0.05, 0.1) is 24.3 Å². The molecule has 25 nitrogen and oxygen atoms in total. The highest BCUT2D eigenvalue weighted by Crippen LogP contribution is 2.23. The van der Waals surface area contributed by atoms with Crippen LogP contribution in [0.1, 0.15) is 95.5 Å². The molecule has 7 atom stereocenters. The standard InChI is InChI=1S/C20H24N2O3.C10H20N4O4.C10H18N4O3.C9H16N2O3.CH4/c21-18(20(24)25-15-16-8-3-1-4-9-16)12-7-13-22-14-19(23)17-10-5-2-6-11-17;1-6(8(15)16)5-14-7(9(17)18)3-2-4-13-10(11)12;1-6-5-14(8(6)15)7(9(16)17)3-2-4-13-10(11)12;1-6-5-11(8(6)12)7(9(13)14)3-2-4-10;/h1-6,8-11,18,22H,7,12-15,21H2;6-7,14H,2-5H2,1H3,(H,15,16)(H,17,18)(H4,11,12,13);6-7H,2-5H2,1H3,(H,16,17)(H4,11,12,13);6-7H,2-5,10H2,1H3,(H,13,14);1H4/t18-;3*6?,7-;/m0000./s1. The van der Waals surface area contributed by atoms with E-state index >= 15 is 0 Å². The number of benzene rings is 2. The first-order chi connectivity index (χ1) is 35.0. The normalized spacial score (nSPS) is 16.2. The average molecular weight is 1060 g/mol. The molecular formula is C50H82N12O13. The number of β-lactam (4-membered cyclic amide) rings is 2. The summed E-state index contributed by atoms with van der Waals surface area (Å²) < 4.78 is 5.20. The zero-order chi connectivity index (χ0) is 55.8. The molecule has 2 amide bonds. The number of carboxylic acids is 4. The van der Waals surface area contributed by atoms with Crippen molar-refractivity contribution < 1.29 is 63.5 Å². The van der Waals surface area contributed by atoms with Crippen molar-refractivity contribution in [1.82, 2.24) is 20.4 Å². The molecule has 2 fully saturated rings. The maximum atomic E-state index is 11.9. The molecule has 0 bridgehead atoms. The molecule has 0 aliphatic carbocycles. The molecule has 2 aliphatic heterocycles. The van der Waals surface area contributed by atoms with Crippen LogP contribution in [0.3, 0.4) is 0 Å². The monoisotopic (exact) mass is 1060 g/mol. The molecule has 2 aromatic rings. The Morgan fingerprint density at radius 1 is 0.693 bits per heavy atom. The van der Waals surface area contributed by atoms with Crippen LogP contribution in [-0.4, -0.2) is 166 Å². The second-order valence-corrected chi connectivity index (χ2v) is 17.7. The number of aliphatic carboxylic acids is 4. The average Bonchev–Trinajstić information content (AvgIpc) is 3.37. The topological polar surface area (TPSA) is 438 Å². The van der Waals surface area contributed by atoms with Gasteiger partial charge in [-0.15, -0.1) is 0 Å². The second-order valence-electron chi connectivity index (χ2n) is 17.7. The van der Waals surface area contributed by atoms with Gasteiger partial charge in [-0.25, -0.2) is 9.59 Å². The summed E-state index contributed by atoms with van der Waals surface area (Å²) in [6, 6.07) is 15.8. The van der Waals surface area contributed by atoms with Crippen molar-refractivity contribution >= 4 is 59.4 Å². The summed E-state index contributed by atoms with van der Waals surface area (Å²) in [5.74, 6) is -5.16. The highest BCUT2D eigenvalue weighted by atomic mass is 16.5. The number of nitrogens with one attached hydrogen (secondary N) is 2. The lowest BCUT2D eigenvalue weighted by Gasteiger charge is -2.40. The Balaban J connectivity index is 0.000000992. The van der Waals surface area contributed by atoms with Gasteiger partial charge in [-0.3, -0.25) is 38.8 Å². The predicted molar refractivity (Wildman–Crippen MR) is 283 cm³/mol. The van der Waals surface area contributed by atoms with Crippen molar-refractivity contribution in [2.45, 2.75) is 110 Å².